The Morgan fingerprint density at radius 3 is 2.64 bits per heavy atom. The highest BCUT2D eigenvalue weighted by Crippen LogP contribution is 2.47. The lowest BCUT2D eigenvalue weighted by atomic mass is 10.1. The highest BCUT2D eigenvalue weighted by Gasteiger charge is 2.38. The smallest absolute Gasteiger partial charge is 0.225 e. The van der Waals surface area contributed by atoms with Gasteiger partial charge in [0.1, 0.15) is 0 Å². The lowest BCUT2D eigenvalue weighted by Gasteiger charge is -1.90. The molecule has 1 fully saturated rings. The highest BCUT2D eigenvalue weighted by molar-refractivity contribution is 5.40. The van der Waals surface area contributed by atoms with Crippen molar-refractivity contribution in [3.05, 3.63) is 11.3 Å². The Balaban J connectivity index is 2.31. The van der Waals surface area contributed by atoms with E-state index in [0.29, 0.717) is 11.8 Å². The summed E-state index contributed by atoms with van der Waals surface area (Å²) in [5.41, 5.74) is 7.61. The van der Waals surface area contributed by atoms with Gasteiger partial charge in [0.15, 0.2) is 0 Å². The maximum atomic E-state index is 5.52. The molecule has 3 heteroatoms. The number of rotatable bonds is 1. The van der Waals surface area contributed by atoms with E-state index >= 15 is 0 Å². The van der Waals surface area contributed by atoms with E-state index in [9.17, 15) is 0 Å². The monoisotopic (exact) mass is 152 g/mol. The lowest BCUT2D eigenvalue weighted by Crippen LogP contribution is -1.87. The van der Waals surface area contributed by atoms with Crippen molar-refractivity contribution in [3.8, 4) is 0 Å². The molecular formula is C8H12N2O. The molecule has 0 aromatic carbocycles. The van der Waals surface area contributed by atoms with Gasteiger partial charge in [0.2, 0.25) is 5.88 Å². The molecule has 0 radical (unpaired) electrons. The van der Waals surface area contributed by atoms with Gasteiger partial charge in [-0.1, -0.05) is 12.1 Å². The van der Waals surface area contributed by atoms with Crippen LogP contribution in [0.25, 0.3) is 0 Å². The number of anilines is 1. The summed E-state index contributed by atoms with van der Waals surface area (Å²) in [6.07, 6.45) is 1.23. The SMILES string of the molecule is Cc1c(C2CC2C)noc1N. The Kier molecular flexibility index (Phi) is 1.22. The molecule has 1 aromatic heterocycles. The predicted molar refractivity (Wildman–Crippen MR) is 42.2 cm³/mol. The lowest BCUT2D eigenvalue weighted by molar-refractivity contribution is 0.427. The zero-order chi connectivity index (χ0) is 8.01. The Morgan fingerprint density at radius 2 is 2.27 bits per heavy atom. The van der Waals surface area contributed by atoms with E-state index in [1.165, 1.54) is 6.42 Å². The largest absolute Gasteiger partial charge is 0.367 e. The Morgan fingerprint density at radius 1 is 1.64 bits per heavy atom. The first-order chi connectivity index (χ1) is 5.20. The van der Waals surface area contributed by atoms with Crippen molar-refractivity contribution in [1.82, 2.24) is 5.16 Å². The minimum absolute atomic E-state index is 0.471. The first-order valence-electron chi connectivity index (χ1n) is 3.91. The van der Waals surface area contributed by atoms with Crippen molar-refractivity contribution in [2.24, 2.45) is 5.92 Å². The topological polar surface area (TPSA) is 52.0 Å². The van der Waals surface area contributed by atoms with Crippen LogP contribution in [0.1, 0.15) is 30.5 Å². The highest BCUT2D eigenvalue weighted by atomic mass is 16.5. The fourth-order valence-electron chi connectivity index (χ4n) is 1.41. The molecular weight excluding hydrogens is 140 g/mol. The molecule has 1 heterocycles. The van der Waals surface area contributed by atoms with Crippen molar-refractivity contribution in [3.63, 3.8) is 0 Å². The van der Waals surface area contributed by atoms with Crippen LogP contribution in [0.3, 0.4) is 0 Å². The predicted octanol–water partition coefficient (Wildman–Crippen LogP) is 1.69. The maximum Gasteiger partial charge on any atom is 0.225 e. The average molecular weight is 152 g/mol. The molecule has 0 amide bonds. The van der Waals surface area contributed by atoms with E-state index in [4.69, 9.17) is 10.3 Å². The molecule has 2 atom stereocenters. The summed E-state index contributed by atoms with van der Waals surface area (Å²) in [6, 6.07) is 0. The van der Waals surface area contributed by atoms with Crippen LogP contribution in [0.5, 0.6) is 0 Å². The molecule has 1 aliphatic carbocycles. The first-order valence-corrected chi connectivity index (χ1v) is 3.91. The van der Waals surface area contributed by atoms with Crippen molar-refractivity contribution >= 4 is 5.88 Å². The van der Waals surface area contributed by atoms with Crippen molar-refractivity contribution in [2.75, 3.05) is 5.73 Å². The zero-order valence-electron chi connectivity index (χ0n) is 6.79. The molecule has 2 unspecified atom stereocenters. The van der Waals surface area contributed by atoms with E-state index in [2.05, 4.69) is 12.1 Å². The molecule has 1 aromatic rings. The molecule has 0 spiro atoms. The van der Waals surface area contributed by atoms with E-state index in [0.717, 1.165) is 17.2 Å². The standard InChI is InChI=1S/C8H12N2O/c1-4-3-6(4)7-5(2)8(9)11-10-7/h4,6H,3,9H2,1-2H3. The van der Waals surface area contributed by atoms with Crippen molar-refractivity contribution < 1.29 is 4.52 Å². The van der Waals surface area contributed by atoms with Crippen molar-refractivity contribution in [2.45, 2.75) is 26.2 Å². The third-order valence-corrected chi connectivity index (χ3v) is 2.46. The Hall–Kier alpha value is -0.990. The van der Waals surface area contributed by atoms with Gasteiger partial charge >= 0.3 is 0 Å². The molecule has 2 N–H and O–H groups in total. The van der Waals surface area contributed by atoms with Gasteiger partial charge < -0.3 is 10.3 Å². The molecule has 1 aliphatic rings. The zero-order valence-corrected chi connectivity index (χ0v) is 6.79. The van der Waals surface area contributed by atoms with Gasteiger partial charge in [-0.15, -0.1) is 0 Å². The van der Waals surface area contributed by atoms with Crippen LogP contribution in [0, 0.1) is 12.8 Å². The molecule has 2 rings (SSSR count). The molecule has 11 heavy (non-hydrogen) atoms. The summed E-state index contributed by atoms with van der Waals surface area (Å²) in [4.78, 5) is 0. The number of hydrogen-bond donors (Lipinski definition) is 1. The second-order valence-electron chi connectivity index (χ2n) is 3.38. The van der Waals surface area contributed by atoms with Gasteiger partial charge in [0, 0.05) is 11.5 Å². The van der Waals surface area contributed by atoms with Crippen LogP contribution in [-0.2, 0) is 0 Å². The number of hydrogen-bond acceptors (Lipinski definition) is 3. The maximum absolute atomic E-state index is 5.52. The fourth-order valence-corrected chi connectivity index (χ4v) is 1.41. The molecule has 3 nitrogen and oxygen atoms in total. The summed E-state index contributed by atoms with van der Waals surface area (Å²) in [6.45, 7) is 4.18. The second-order valence-corrected chi connectivity index (χ2v) is 3.38. The van der Waals surface area contributed by atoms with Crippen LogP contribution in [-0.4, -0.2) is 5.16 Å². The summed E-state index contributed by atoms with van der Waals surface area (Å²) in [7, 11) is 0. The molecule has 0 bridgehead atoms. The Labute approximate surface area is 65.6 Å². The van der Waals surface area contributed by atoms with E-state index in [1.54, 1.807) is 0 Å². The summed E-state index contributed by atoms with van der Waals surface area (Å²) >= 11 is 0. The summed E-state index contributed by atoms with van der Waals surface area (Å²) < 4.78 is 4.87. The van der Waals surface area contributed by atoms with Gasteiger partial charge in [0.05, 0.1) is 5.69 Å². The molecule has 1 saturated carbocycles. The number of nitrogens with two attached hydrogens (primary N) is 1. The average Bonchev–Trinajstić information content (AvgIpc) is 2.58. The van der Waals surface area contributed by atoms with E-state index in [-0.39, 0.29) is 0 Å². The normalized spacial score (nSPS) is 28.9. The van der Waals surface area contributed by atoms with Crippen LogP contribution in [0.2, 0.25) is 0 Å². The quantitative estimate of drug-likeness (QED) is 0.666. The van der Waals surface area contributed by atoms with Gasteiger partial charge in [0.25, 0.3) is 0 Å². The minimum Gasteiger partial charge on any atom is -0.367 e. The van der Waals surface area contributed by atoms with E-state index < -0.39 is 0 Å². The molecule has 60 valence electrons. The van der Waals surface area contributed by atoms with Gasteiger partial charge in [-0.05, 0) is 19.3 Å². The molecule has 0 saturated heterocycles. The van der Waals surface area contributed by atoms with Gasteiger partial charge in [-0.3, -0.25) is 0 Å². The number of nitrogens with zero attached hydrogens (tertiary/aromatic N) is 1. The fraction of sp³-hybridized carbons (Fsp3) is 0.625. The molecule has 0 aliphatic heterocycles. The Bertz CT molecular complexity index is 280. The van der Waals surface area contributed by atoms with Gasteiger partial charge in [-0.2, -0.15) is 0 Å². The minimum atomic E-state index is 0.471. The van der Waals surface area contributed by atoms with E-state index in [1.807, 2.05) is 6.92 Å². The summed E-state index contributed by atoms with van der Waals surface area (Å²) in [5, 5.41) is 3.93. The van der Waals surface area contributed by atoms with Crippen LogP contribution in [0.15, 0.2) is 4.52 Å². The van der Waals surface area contributed by atoms with Crippen LogP contribution >= 0.6 is 0 Å². The summed E-state index contributed by atoms with van der Waals surface area (Å²) in [5.74, 6) is 1.84. The number of aromatic nitrogens is 1. The third-order valence-electron chi connectivity index (χ3n) is 2.46. The van der Waals surface area contributed by atoms with Gasteiger partial charge in [-0.25, -0.2) is 0 Å². The number of nitrogen functional groups attached to an aromatic ring is 1. The van der Waals surface area contributed by atoms with Crippen molar-refractivity contribution in [1.29, 1.82) is 0 Å². The third kappa shape index (κ3) is 0.914. The first kappa shape index (κ1) is 6.70. The van der Waals surface area contributed by atoms with Crippen LogP contribution in [0.4, 0.5) is 5.88 Å². The van der Waals surface area contributed by atoms with Crippen LogP contribution < -0.4 is 5.73 Å². The second kappa shape index (κ2) is 2.00.